The average molecular weight is 334 g/mol. The lowest BCUT2D eigenvalue weighted by Gasteiger charge is -2.03. The van der Waals surface area contributed by atoms with Gasteiger partial charge < -0.3 is 4.52 Å². The van der Waals surface area contributed by atoms with Crippen LogP contribution >= 0.6 is 0 Å². The molecule has 0 saturated heterocycles. The third kappa shape index (κ3) is 2.37. The van der Waals surface area contributed by atoms with Crippen LogP contribution in [0.5, 0.6) is 0 Å². The smallest absolute Gasteiger partial charge is 0.340 e. The number of hydrogen-bond donors (Lipinski definition) is 0. The van der Waals surface area contributed by atoms with Gasteiger partial charge in [-0.25, -0.2) is 4.98 Å². The molecule has 0 N–H and O–H groups in total. The molecule has 0 fully saturated rings. The summed E-state index contributed by atoms with van der Waals surface area (Å²) < 4.78 is 7.17. The van der Waals surface area contributed by atoms with Crippen LogP contribution in [0.15, 0.2) is 53.2 Å². The number of benzene rings is 1. The quantitative estimate of drug-likeness (QED) is 0.414. The standard InChI is InChI=1S/C18H14N4O3/c1-11-8-9-14-19-15(13-6-4-3-5-7-13)17(21(14)10-11)18-16(22(23)24)12(2)20-25-18/h3-10H,1-2H3. The zero-order valence-electron chi connectivity index (χ0n) is 13.6. The molecule has 1 aromatic carbocycles. The van der Waals surface area contributed by atoms with Crippen molar-refractivity contribution in [1.29, 1.82) is 0 Å². The lowest BCUT2D eigenvalue weighted by molar-refractivity contribution is -0.385. The third-order valence-corrected chi connectivity index (χ3v) is 4.04. The monoisotopic (exact) mass is 334 g/mol. The number of nitro groups is 1. The maximum absolute atomic E-state index is 11.5. The second-order valence-corrected chi connectivity index (χ2v) is 5.81. The van der Waals surface area contributed by atoms with E-state index in [9.17, 15) is 10.1 Å². The molecule has 7 heteroatoms. The van der Waals surface area contributed by atoms with E-state index < -0.39 is 4.92 Å². The van der Waals surface area contributed by atoms with E-state index in [0.717, 1.165) is 11.1 Å². The largest absolute Gasteiger partial charge is 0.347 e. The minimum atomic E-state index is -0.467. The maximum atomic E-state index is 11.5. The molecule has 0 bridgehead atoms. The molecular formula is C18H14N4O3. The highest BCUT2D eigenvalue weighted by Crippen LogP contribution is 2.39. The lowest BCUT2D eigenvalue weighted by atomic mass is 10.1. The SMILES string of the molecule is Cc1ccc2nc(-c3ccccc3)c(-c3onc(C)c3[N+](=O)[O-])n2c1. The highest BCUT2D eigenvalue weighted by Gasteiger charge is 2.31. The van der Waals surface area contributed by atoms with Gasteiger partial charge in [0.2, 0.25) is 0 Å². The summed E-state index contributed by atoms with van der Waals surface area (Å²) in [6.07, 6.45) is 1.88. The highest BCUT2D eigenvalue weighted by atomic mass is 16.6. The van der Waals surface area contributed by atoms with Crippen LogP contribution in [0.2, 0.25) is 0 Å². The molecule has 25 heavy (non-hydrogen) atoms. The van der Waals surface area contributed by atoms with Gasteiger partial charge in [0.15, 0.2) is 5.69 Å². The summed E-state index contributed by atoms with van der Waals surface area (Å²) in [7, 11) is 0. The first-order valence-corrected chi connectivity index (χ1v) is 7.71. The molecule has 4 aromatic rings. The molecule has 0 unspecified atom stereocenters. The molecule has 0 spiro atoms. The molecule has 0 amide bonds. The van der Waals surface area contributed by atoms with Gasteiger partial charge in [0.25, 0.3) is 5.76 Å². The molecule has 124 valence electrons. The Balaban J connectivity index is 2.12. The number of imidazole rings is 1. The van der Waals surface area contributed by atoms with E-state index in [1.54, 1.807) is 6.92 Å². The summed E-state index contributed by atoms with van der Waals surface area (Å²) >= 11 is 0. The Morgan fingerprint density at radius 3 is 2.60 bits per heavy atom. The Hall–Kier alpha value is -3.48. The predicted molar refractivity (Wildman–Crippen MR) is 92.3 cm³/mol. The number of pyridine rings is 1. The molecule has 4 rings (SSSR count). The Kier molecular flexibility index (Phi) is 3.35. The Labute approximate surface area is 142 Å². The number of fused-ring (bicyclic) bond motifs is 1. The summed E-state index contributed by atoms with van der Waals surface area (Å²) in [6.45, 7) is 3.51. The fraction of sp³-hybridized carbons (Fsp3) is 0.111. The van der Waals surface area contributed by atoms with Crippen molar-refractivity contribution in [3.8, 4) is 22.7 Å². The fourth-order valence-corrected chi connectivity index (χ4v) is 2.90. The molecule has 0 atom stereocenters. The van der Waals surface area contributed by atoms with Crippen LogP contribution in [0.4, 0.5) is 5.69 Å². The molecule has 7 nitrogen and oxygen atoms in total. The van der Waals surface area contributed by atoms with E-state index in [2.05, 4.69) is 10.1 Å². The first kappa shape index (κ1) is 15.1. The summed E-state index contributed by atoms with van der Waals surface area (Å²) in [5.74, 6) is 0.111. The molecule has 0 aliphatic heterocycles. The second-order valence-electron chi connectivity index (χ2n) is 5.81. The van der Waals surface area contributed by atoms with Gasteiger partial charge in [-0.1, -0.05) is 41.6 Å². The summed E-state index contributed by atoms with van der Waals surface area (Å²) in [4.78, 5) is 15.7. The van der Waals surface area contributed by atoms with Crippen molar-refractivity contribution >= 4 is 11.3 Å². The number of hydrogen-bond acceptors (Lipinski definition) is 5. The van der Waals surface area contributed by atoms with E-state index in [-0.39, 0.29) is 17.1 Å². The van der Waals surface area contributed by atoms with Gasteiger partial charge in [0.05, 0.1) is 4.92 Å². The molecule has 0 aliphatic carbocycles. The number of aryl methyl sites for hydroxylation is 2. The van der Waals surface area contributed by atoms with E-state index in [0.29, 0.717) is 17.0 Å². The summed E-state index contributed by atoms with van der Waals surface area (Å²) in [6, 6.07) is 13.3. The molecule has 0 aliphatic rings. The topological polar surface area (TPSA) is 86.5 Å². The Bertz CT molecular complexity index is 1100. The van der Waals surface area contributed by atoms with Crippen molar-refractivity contribution < 1.29 is 9.45 Å². The minimum absolute atomic E-state index is 0.111. The van der Waals surface area contributed by atoms with Crippen LogP contribution in [0.25, 0.3) is 28.4 Å². The van der Waals surface area contributed by atoms with Crippen LogP contribution < -0.4 is 0 Å². The van der Waals surface area contributed by atoms with Gasteiger partial charge in [-0.3, -0.25) is 14.5 Å². The highest BCUT2D eigenvalue weighted by molar-refractivity contribution is 5.83. The van der Waals surface area contributed by atoms with Gasteiger partial charge in [-0.2, -0.15) is 0 Å². The Morgan fingerprint density at radius 2 is 1.88 bits per heavy atom. The number of rotatable bonds is 3. The molecule has 0 radical (unpaired) electrons. The van der Waals surface area contributed by atoms with Crippen molar-refractivity contribution in [1.82, 2.24) is 14.5 Å². The van der Waals surface area contributed by atoms with Gasteiger partial charge >= 0.3 is 5.69 Å². The molecule has 0 saturated carbocycles. The van der Waals surface area contributed by atoms with Crippen LogP contribution in [0, 0.1) is 24.0 Å². The van der Waals surface area contributed by atoms with Crippen LogP contribution in [-0.2, 0) is 0 Å². The first-order valence-electron chi connectivity index (χ1n) is 7.71. The van der Waals surface area contributed by atoms with Crippen LogP contribution in [0.3, 0.4) is 0 Å². The minimum Gasteiger partial charge on any atom is -0.347 e. The summed E-state index contributed by atoms with van der Waals surface area (Å²) in [5.41, 5.74) is 3.78. The average Bonchev–Trinajstić information content (AvgIpc) is 3.15. The van der Waals surface area contributed by atoms with Gasteiger partial charge in [-0.05, 0) is 25.5 Å². The fourth-order valence-electron chi connectivity index (χ4n) is 2.90. The van der Waals surface area contributed by atoms with E-state index in [1.807, 2.05) is 60.0 Å². The van der Waals surface area contributed by atoms with Gasteiger partial charge in [-0.15, -0.1) is 0 Å². The van der Waals surface area contributed by atoms with Crippen molar-refractivity contribution in [3.05, 3.63) is 70.0 Å². The number of aromatic nitrogens is 3. The van der Waals surface area contributed by atoms with Crippen molar-refractivity contribution in [2.24, 2.45) is 0 Å². The van der Waals surface area contributed by atoms with Gasteiger partial charge in [0, 0.05) is 11.8 Å². The number of nitrogens with zero attached hydrogens (tertiary/aromatic N) is 4. The van der Waals surface area contributed by atoms with E-state index in [1.165, 1.54) is 0 Å². The molecule has 3 aromatic heterocycles. The normalized spacial score (nSPS) is 11.1. The summed E-state index contributed by atoms with van der Waals surface area (Å²) in [5, 5.41) is 15.3. The molecule has 3 heterocycles. The van der Waals surface area contributed by atoms with E-state index in [4.69, 9.17) is 4.52 Å². The third-order valence-electron chi connectivity index (χ3n) is 4.04. The van der Waals surface area contributed by atoms with Crippen LogP contribution in [-0.4, -0.2) is 19.5 Å². The van der Waals surface area contributed by atoms with E-state index >= 15 is 0 Å². The van der Waals surface area contributed by atoms with Crippen LogP contribution in [0.1, 0.15) is 11.3 Å². The molecular weight excluding hydrogens is 320 g/mol. The zero-order chi connectivity index (χ0) is 17.6. The predicted octanol–water partition coefficient (Wildman–Crippen LogP) is 4.18. The first-order chi connectivity index (χ1) is 12.1. The van der Waals surface area contributed by atoms with Crippen molar-refractivity contribution in [2.45, 2.75) is 13.8 Å². The van der Waals surface area contributed by atoms with Gasteiger partial charge in [0.1, 0.15) is 17.0 Å². The van der Waals surface area contributed by atoms with Crippen molar-refractivity contribution in [2.75, 3.05) is 0 Å². The van der Waals surface area contributed by atoms with Crippen molar-refractivity contribution in [3.63, 3.8) is 0 Å². The maximum Gasteiger partial charge on any atom is 0.340 e. The second kappa shape index (κ2) is 5.55. The Morgan fingerprint density at radius 1 is 1.12 bits per heavy atom. The lowest BCUT2D eigenvalue weighted by Crippen LogP contribution is -1.95. The zero-order valence-corrected chi connectivity index (χ0v) is 13.6.